The standard InChI is InChI=1S/C25H33N2O3P/c1-4-30-25(28)18-24(20(2)26-27-17-11-12-21(27)19-29-3)31(22-13-7-5-8-14-22)23-15-9-6-10-16-23/h5-10,13-16,21,24H,4,11-12,17-19H2,1-3H3/b26-20-/t21-,24?/m1/s1. The van der Waals surface area contributed by atoms with Crippen molar-refractivity contribution in [2.45, 2.75) is 44.8 Å². The van der Waals surface area contributed by atoms with Gasteiger partial charge in [0, 0.05) is 25.0 Å². The summed E-state index contributed by atoms with van der Waals surface area (Å²) in [5.41, 5.74) is 0.942. The van der Waals surface area contributed by atoms with E-state index in [4.69, 9.17) is 14.6 Å². The highest BCUT2D eigenvalue weighted by atomic mass is 31.1. The second-order valence-electron chi connectivity index (χ2n) is 7.72. The van der Waals surface area contributed by atoms with Gasteiger partial charge in [0.2, 0.25) is 0 Å². The third-order valence-electron chi connectivity index (χ3n) is 5.52. The number of nitrogens with zero attached hydrogens (tertiary/aromatic N) is 2. The minimum absolute atomic E-state index is 0.0392. The first-order valence-corrected chi connectivity index (χ1v) is 12.4. The molecule has 0 saturated carbocycles. The largest absolute Gasteiger partial charge is 0.466 e. The molecule has 0 bridgehead atoms. The van der Waals surface area contributed by atoms with Crippen molar-refractivity contribution in [3.8, 4) is 0 Å². The number of hydrazone groups is 1. The van der Waals surface area contributed by atoms with Gasteiger partial charge < -0.3 is 9.47 Å². The van der Waals surface area contributed by atoms with Crippen molar-refractivity contribution in [2.75, 3.05) is 26.9 Å². The molecular weight excluding hydrogens is 407 g/mol. The van der Waals surface area contributed by atoms with Crippen LogP contribution >= 0.6 is 7.92 Å². The molecule has 166 valence electrons. The number of esters is 1. The summed E-state index contributed by atoms with van der Waals surface area (Å²) in [5, 5.41) is 9.67. The van der Waals surface area contributed by atoms with Gasteiger partial charge in [-0.25, -0.2) is 0 Å². The topological polar surface area (TPSA) is 51.1 Å². The van der Waals surface area contributed by atoms with Crippen LogP contribution in [-0.4, -0.2) is 55.3 Å². The maximum Gasteiger partial charge on any atom is 0.306 e. The summed E-state index contributed by atoms with van der Waals surface area (Å²) in [6, 6.07) is 21.3. The summed E-state index contributed by atoms with van der Waals surface area (Å²) >= 11 is 0. The van der Waals surface area contributed by atoms with E-state index in [-0.39, 0.29) is 11.6 Å². The minimum Gasteiger partial charge on any atom is -0.466 e. The van der Waals surface area contributed by atoms with E-state index in [1.54, 1.807) is 7.11 Å². The molecule has 2 atom stereocenters. The van der Waals surface area contributed by atoms with Crippen molar-refractivity contribution >= 4 is 30.2 Å². The molecule has 0 amide bonds. The van der Waals surface area contributed by atoms with Crippen LogP contribution in [0.1, 0.15) is 33.1 Å². The number of ether oxygens (including phenoxy) is 2. The SMILES string of the molecule is CCOC(=O)CC(/C(C)=N\N1CCC[C@@H]1COC)P(c1ccccc1)c1ccccc1. The molecule has 1 heterocycles. The van der Waals surface area contributed by atoms with Crippen LogP contribution in [0.3, 0.4) is 0 Å². The number of benzene rings is 2. The quantitative estimate of drug-likeness (QED) is 0.319. The van der Waals surface area contributed by atoms with Crippen LogP contribution in [0.15, 0.2) is 65.8 Å². The lowest BCUT2D eigenvalue weighted by molar-refractivity contribution is -0.142. The first kappa shape index (κ1) is 23.4. The average Bonchev–Trinajstić information content (AvgIpc) is 3.22. The third-order valence-corrected chi connectivity index (χ3v) is 8.41. The molecule has 3 rings (SSSR count). The van der Waals surface area contributed by atoms with Crippen LogP contribution in [0, 0.1) is 0 Å². The maximum absolute atomic E-state index is 12.6. The fraction of sp³-hybridized carbons (Fsp3) is 0.440. The van der Waals surface area contributed by atoms with E-state index >= 15 is 0 Å². The smallest absolute Gasteiger partial charge is 0.306 e. The summed E-state index contributed by atoms with van der Waals surface area (Å²) in [6.45, 7) is 5.90. The lowest BCUT2D eigenvalue weighted by Gasteiger charge is -2.30. The molecule has 0 aliphatic carbocycles. The summed E-state index contributed by atoms with van der Waals surface area (Å²) in [4.78, 5) is 12.6. The predicted octanol–water partition coefficient (Wildman–Crippen LogP) is 3.93. The highest BCUT2D eigenvalue weighted by Crippen LogP contribution is 2.42. The molecule has 31 heavy (non-hydrogen) atoms. The van der Waals surface area contributed by atoms with Gasteiger partial charge in [0.25, 0.3) is 0 Å². The lowest BCUT2D eigenvalue weighted by atomic mass is 10.2. The van der Waals surface area contributed by atoms with Crippen LogP contribution in [0.25, 0.3) is 0 Å². The summed E-state index contributed by atoms with van der Waals surface area (Å²) in [6.07, 6.45) is 2.51. The van der Waals surface area contributed by atoms with Gasteiger partial charge in [-0.05, 0) is 45.2 Å². The zero-order valence-corrected chi connectivity index (χ0v) is 19.6. The monoisotopic (exact) mass is 440 g/mol. The van der Waals surface area contributed by atoms with Crippen molar-refractivity contribution in [2.24, 2.45) is 5.10 Å². The number of carbonyl (C=O) groups is 1. The molecule has 6 heteroatoms. The van der Waals surface area contributed by atoms with Gasteiger partial charge in [0.1, 0.15) is 0 Å². The Labute approximate surface area is 187 Å². The van der Waals surface area contributed by atoms with Crippen molar-refractivity contribution < 1.29 is 14.3 Å². The number of hydrogen-bond acceptors (Lipinski definition) is 5. The summed E-state index contributed by atoms with van der Waals surface area (Å²) < 4.78 is 10.8. The van der Waals surface area contributed by atoms with E-state index in [1.807, 2.05) is 19.1 Å². The number of hydrogen-bond donors (Lipinski definition) is 0. The van der Waals surface area contributed by atoms with Gasteiger partial charge in [-0.2, -0.15) is 5.10 Å². The van der Waals surface area contributed by atoms with Crippen LogP contribution in [0.2, 0.25) is 0 Å². The highest BCUT2D eigenvalue weighted by molar-refractivity contribution is 7.74. The zero-order chi connectivity index (χ0) is 22.1. The Hall–Kier alpha value is -2.23. The Morgan fingerprint density at radius 2 is 1.74 bits per heavy atom. The Bertz CT molecular complexity index is 805. The Morgan fingerprint density at radius 3 is 2.29 bits per heavy atom. The summed E-state index contributed by atoms with van der Waals surface area (Å²) in [5.74, 6) is -0.170. The second-order valence-corrected chi connectivity index (χ2v) is 10.1. The normalized spacial score (nSPS) is 17.7. The van der Waals surface area contributed by atoms with Crippen LogP contribution in [0.5, 0.6) is 0 Å². The van der Waals surface area contributed by atoms with E-state index in [9.17, 15) is 4.79 Å². The second kappa shape index (κ2) is 12.0. The first-order valence-electron chi connectivity index (χ1n) is 11.0. The van der Waals surface area contributed by atoms with Gasteiger partial charge in [0.15, 0.2) is 0 Å². The molecule has 1 fully saturated rings. The summed E-state index contributed by atoms with van der Waals surface area (Å²) in [7, 11) is 0.908. The van der Waals surface area contributed by atoms with Crippen LogP contribution in [-0.2, 0) is 14.3 Å². The highest BCUT2D eigenvalue weighted by Gasteiger charge is 2.31. The van der Waals surface area contributed by atoms with Gasteiger partial charge >= 0.3 is 5.97 Å². The molecule has 0 radical (unpaired) electrons. The molecule has 1 unspecified atom stereocenters. The molecular formula is C25H33N2O3P. The van der Waals surface area contributed by atoms with Crippen molar-refractivity contribution in [1.29, 1.82) is 0 Å². The van der Waals surface area contributed by atoms with E-state index < -0.39 is 7.92 Å². The Morgan fingerprint density at radius 1 is 1.13 bits per heavy atom. The van der Waals surface area contributed by atoms with E-state index in [1.165, 1.54) is 10.6 Å². The van der Waals surface area contributed by atoms with Crippen molar-refractivity contribution in [1.82, 2.24) is 5.01 Å². The third kappa shape index (κ3) is 6.38. The van der Waals surface area contributed by atoms with Gasteiger partial charge in [0.05, 0.1) is 25.7 Å². The van der Waals surface area contributed by atoms with Crippen LogP contribution < -0.4 is 10.6 Å². The van der Waals surface area contributed by atoms with Crippen molar-refractivity contribution in [3.63, 3.8) is 0 Å². The molecule has 0 N–H and O–H groups in total. The van der Waals surface area contributed by atoms with E-state index in [0.717, 1.165) is 25.1 Å². The van der Waals surface area contributed by atoms with Crippen molar-refractivity contribution in [3.05, 3.63) is 60.7 Å². The molecule has 5 nitrogen and oxygen atoms in total. The fourth-order valence-corrected chi connectivity index (χ4v) is 6.83. The minimum atomic E-state index is -0.829. The number of rotatable bonds is 10. The lowest BCUT2D eigenvalue weighted by Crippen LogP contribution is -2.34. The molecule has 2 aromatic rings. The van der Waals surface area contributed by atoms with Gasteiger partial charge in [-0.15, -0.1) is 0 Å². The van der Waals surface area contributed by atoms with Gasteiger partial charge in [-0.3, -0.25) is 9.80 Å². The maximum atomic E-state index is 12.6. The molecule has 1 aliphatic heterocycles. The fourth-order valence-electron chi connectivity index (χ4n) is 4.07. The Kier molecular flexibility index (Phi) is 9.05. The first-order chi connectivity index (χ1) is 15.1. The molecule has 1 aliphatic rings. The Balaban J connectivity index is 2.00. The molecule has 0 aromatic heterocycles. The van der Waals surface area contributed by atoms with Crippen LogP contribution in [0.4, 0.5) is 0 Å². The molecule has 1 saturated heterocycles. The number of methoxy groups -OCH3 is 1. The molecule has 0 spiro atoms. The number of carbonyl (C=O) groups excluding carboxylic acids is 1. The van der Waals surface area contributed by atoms with E-state index in [2.05, 4.69) is 60.5 Å². The molecule has 2 aromatic carbocycles. The van der Waals surface area contributed by atoms with E-state index in [0.29, 0.717) is 25.7 Å². The van der Waals surface area contributed by atoms with Gasteiger partial charge in [-0.1, -0.05) is 60.7 Å². The predicted molar refractivity (Wildman–Crippen MR) is 129 cm³/mol. The zero-order valence-electron chi connectivity index (χ0n) is 18.7. The average molecular weight is 441 g/mol.